The molecule has 0 N–H and O–H groups in total. The molecule has 5 heteroatoms. The number of hydrogen-bond donors (Lipinski definition) is 0. The lowest BCUT2D eigenvalue weighted by Crippen LogP contribution is -2.35. The summed E-state index contributed by atoms with van der Waals surface area (Å²) in [5.74, 6) is -1.60. The van der Waals surface area contributed by atoms with Crippen LogP contribution in [0, 0.1) is 35.5 Å². The zero-order valence-corrected chi connectivity index (χ0v) is 10.3. The molecule has 2 bridgehead atoms. The fraction of sp³-hybridized carbons (Fsp3) is 0.714. The molecule has 100 valence electrons. The Kier molecular flexibility index (Phi) is 2.10. The monoisotopic (exact) mass is 262 g/mol. The lowest BCUT2D eigenvalue weighted by Gasteiger charge is -2.34. The van der Waals surface area contributed by atoms with Gasteiger partial charge in [0, 0.05) is 11.8 Å². The third kappa shape index (κ3) is 1.36. The predicted molar refractivity (Wildman–Crippen MR) is 60.5 cm³/mol. The standard InChI is InChI=1S/C14H14O5/c15-11-4-12(16)8-2-6-5(1-7(8)11)9-3-10(6)14(18)19-13(9)17/h5-10H,1-4H2. The Morgan fingerprint density at radius 3 is 1.63 bits per heavy atom. The summed E-state index contributed by atoms with van der Waals surface area (Å²) in [6, 6.07) is 0. The molecule has 0 aromatic rings. The van der Waals surface area contributed by atoms with Gasteiger partial charge < -0.3 is 4.74 Å². The zero-order valence-electron chi connectivity index (χ0n) is 10.3. The molecule has 4 rings (SSSR count). The van der Waals surface area contributed by atoms with Crippen LogP contribution in [0.4, 0.5) is 0 Å². The van der Waals surface area contributed by atoms with Gasteiger partial charge in [0.1, 0.15) is 11.6 Å². The Labute approximate surface area is 109 Å². The van der Waals surface area contributed by atoms with Crippen LogP contribution < -0.4 is 0 Å². The summed E-state index contributed by atoms with van der Waals surface area (Å²) in [6.45, 7) is 0. The normalized spacial score (nSPS) is 48.0. The van der Waals surface area contributed by atoms with Gasteiger partial charge in [-0.3, -0.25) is 19.2 Å². The minimum atomic E-state index is -0.427. The van der Waals surface area contributed by atoms with E-state index in [0.717, 1.165) is 0 Å². The number of carbonyl (C=O) groups excluding carboxylic acids is 4. The van der Waals surface area contributed by atoms with Crippen LogP contribution in [0.15, 0.2) is 0 Å². The van der Waals surface area contributed by atoms with E-state index in [-0.39, 0.29) is 53.5 Å². The molecule has 4 fully saturated rings. The van der Waals surface area contributed by atoms with Crippen molar-refractivity contribution in [2.45, 2.75) is 25.7 Å². The summed E-state index contributed by atoms with van der Waals surface area (Å²) in [5, 5.41) is 0. The van der Waals surface area contributed by atoms with Crippen molar-refractivity contribution in [2.75, 3.05) is 0 Å². The zero-order chi connectivity index (χ0) is 13.3. The average Bonchev–Trinajstić information content (AvgIpc) is 2.84. The lowest BCUT2D eigenvalue weighted by atomic mass is 9.67. The molecule has 4 aliphatic rings. The molecule has 1 saturated heterocycles. The number of carbonyl (C=O) groups is 4. The number of hydrogen-bond acceptors (Lipinski definition) is 5. The summed E-state index contributed by atoms with van der Waals surface area (Å²) < 4.78 is 4.79. The maximum atomic E-state index is 11.8. The van der Waals surface area contributed by atoms with E-state index in [2.05, 4.69) is 0 Å². The van der Waals surface area contributed by atoms with Gasteiger partial charge in [-0.25, -0.2) is 0 Å². The molecule has 3 saturated carbocycles. The largest absolute Gasteiger partial charge is 0.393 e. The maximum Gasteiger partial charge on any atom is 0.316 e. The van der Waals surface area contributed by atoms with Crippen molar-refractivity contribution in [3.63, 3.8) is 0 Å². The molecule has 1 aliphatic heterocycles. The van der Waals surface area contributed by atoms with E-state index < -0.39 is 11.9 Å². The second-order valence-electron chi connectivity index (χ2n) is 6.31. The second-order valence-corrected chi connectivity index (χ2v) is 6.31. The highest BCUT2D eigenvalue weighted by Crippen LogP contribution is 2.56. The third-order valence-corrected chi connectivity index (χ3v) is 5.61. The number of ketones is 2. The van der Waals surface area contributed by atoms with E-state index in [1.54, 1.807) is 0 Å². The van der Waals surface area contributed by atoms with E-state index in [9.17, 15) is 19.2 Å². The summed E-state index contributed by atoms with van der Waals surface area (Å²) in [7, 11) is 0. The van der Waals surface area contributed by atoms with E-state index in [1.807, 2.05) is 0 Å². The molecule has 5 nitrogen and oxygen atoms in total. The fourth-order valence-corrected chi connectivity index (χ4v) is 4.75. The van der Waals surface area contributed by atoms with Crippen LogP contribution in [-0.2, 0) is 23.9 Å². The SMILES string of the molecule is O=C1CC(=O)C2CC3C4CC(C(=O)OC4=O)C3CC12. The molecule has 19 heavy (non-hydrogen) atoms. The Morgan fingerprint density at radius 1 is 0.684 bits per heavy atom. The molecule has 1 heterocycles. The van der Waals surface area contributed by atoms with Crippen LogP contribution in [0.2, 0.25) is 0 Å². The van der Waals surface area contributed by atoms with Crippen molar-refractivity contribution in [3.05, 3.63) is 0 Å². The molecule has 0 aromatic heterocycles. The van der Waals surface area contributed by atoms with Crippen LogP contribution in [0.3, 0.4) is 0 Å². The van der Waals surface area contributed by atoms with Crippen molar-refractivity contribution in [1.82, 2.24) is 0 Å². The first kappa shape index (κ1) is 11.3. The van der Waals surface area contributed by atoms with Crippen molar-refractivity contribution in [1.29, 1.82) is 0 Å². The highest BCUT2D eigenvalue weighted by Gasteiger charge is 2.60. The van der Waals surface area contributed by atoms with Crippen LogP contribution in [-0.4, -0.2) is 23.5 Å². The Bertz CT molecular complexity index is 478. The van der Waals surface area contributed by atoms with Gasteiger partial charge in [-0.15, -0.1) is 0 Å². The first-order valence-corrected chi connectivity index (χ1v) is 6.87. The number of Topliss-reactive ketones (excluding diaryl/α,β-unsaturated/α-hetero) is 2. The highest BCUT2D eigenvalue weighted by atomic mass is 16.6. The number of esters is 2. The summed E-state index contributed by atoms with van der Waals surface area (Å²) in [6.07, 6.45) is 1.77. The van der Waals surface area contributed by atoms with Crippen LogP contribution in [0.25, 0.3) is 0 Å². The van der Waals surface area contributed by atoms with Gasteiger partial charge in [-0.2, -0.15) is 0 Å². The summed E-state index contributed by atoms with van der Waals surface area (Å²) >= 11 is 0. The first-order chi connectivity index (χ1) is 9.06. The topological polar surface area (TPSA) is 77.5 Å². The van der Waals surface area contributed by atoms with E-state index in [4.69, 9.17) is 4.74 Å². The molecule has 0 spiro atoms. The van der Waals surface area contributed by atoms with Gasteiger partial charge in [-0.1, -0.05) is 0 Å². The van der Waals surface area contributed by atoms with Crippen molar-refractivity contribution in [2.24, 2.45) is 35.5 Å². The number of rotatable bonds is 0. The third-order valence-electron chi connectivity index (χ3n) is 5.61. The number of ether oxygens (including phenoxy) is 1. The molecular weight excluding hydrogens is 248 g/mol. The average molecular weight is 262 g/mol. The second kappa shape index (κ2) is 3.52. The van der Waals surface area contributed by atoms with Gasteiger partial charge in [0.05, 0.1) is 18.3 Å². The van der Waals surface area contributed by atoms with Crippen molar-refractivity contribution < 1.29 is 23.9 Å². The predicted octanol–water partition coefficient (Wildman–Crippen LogP) is 0.506. The summed E-state index contributed by atoms with van der Waals surface area (Å²) in [5.41, 5.74) is 0. The molecule has 3 aliphatic carbocycles. The molecule has 6 atom stereocenters. The van der Waals surface area contributed by atoms with Gasteiger partial charge in [0.25, 0.3) is 0 Å². The summed E-state index contributed by atoms with van der Waals surface area (Å²) in [4.78, 5) is 47.2. The Morgan fingerprint density at radius 2 is 1.16 bits per heavy atom. The van der Waals surface area contributed by atoms with E-state index >= 15 is 0 Å². The minimum Gasteiger partial charge on any atom is -0.393 e. The maximum absolute atomic E-state index is 11.8. The van der Waals surface area contributed by atoms with Gasteiger partial charge in [-0.05, 0) is 31.1 Å². The smallest absolute Gasteiger partial charge is 0.316 e. The number of fused-ring (bicyclic) bond motifs is 6. The molecule has 0 aromatic carbocycles. The van der Waals surface area contributed by atoms with Gasteiger partial charge in [0.15, 0.2) is 0 Å². The number of cyclic esters (lactones) is 2. The Balaban J connectivity index is 1.70. The molecule has 6 unspecified atom stereocenters. The van der Waals surface area contributed by atoms with E-state index in [0.29, 0.717) is 19.3 Å². The molecule has 0 radical (unpaired) electrons. The molecule has 0 amide bonds. The van der Waals surface area contributed by atoms with Crippen LogP contribution >= 0.6 is 0 Å². The quantitative estimate of drug-likeness (QED) is 0.469. The van der Waals surface area contributed by atoms with Gasteiger partial charge in [0.2, 0.25) is 0 Å². The Hall–Kier alpha value is -1.52. The highest BCUT2D eigenvalue weighted by molar-refractivity contribution is 6.08. The minimum absolute atomic E-state index is 0.0228. The van der Waals surface area contributed by atoms with E-state index in [1.165, 1.54) is 0 Å². The molecular formula is C14H14O5. The first-order valence-electron chi connectivity index (χ1n) is 6.87. The fourth-order valence-electron chi connectivity index (χ4n) is 4.75. The van der Waals surface area contributed by atoms with Crippen molar-refractivity contribution >= 4 is 23.5 Å². The lowest BCUT2D eigenvalue weighted by molar-refractivity contribution is -0.169. The van der Waals surface area contributed by atoms with Crippen LogP contribution in [0.5, 0.6) is 0 Å². The van der Waals surface area contributed by atoms with Gasteiger partial charge >= 0.3 is 11.9 Å². The van der Waals surface area contributed by atoms with Crippen molar-refractivity contribution in [3.8, 4) is 0 Å². The van der Waals surface area contributed by atoms with Crippen LogP contribution in [0.1, 0.15) is 25.7 Å².